The van der Waals surface area contributed by atoms with Crippen molar-refractivity contribution in [1.82, 2.24) is 14.9 Å². The van der Waals surface area contributed by atoms with E-state index in [0.29, 0.717) is 5.69 Å². The van der Waals surface area contributed by atoms with Crippen molar-refractivity contribution in [2.45, 2.75) is 25.3 Å². The van der Waals surface area contributed by atoms with E-state index in [0.717, 1.165) is 22.6 Å². The highest BCUT2D eigenvalue weighted by Gasteiger charge is 2.20. The van der Waals surface area contributed by atoms with Gasteiger partial charge in [0.2, 0.25) is 10.0 Å². The van der Waals surface area contributed by atoms with Crippen molar-refractivity contribution in [1.29, 1.82) is 5.26 Å². The molecule has 0 aliphatic carbocycles. The third kappa shape index (κ3) is 2.68. The van der Waals surface area contributed by atoms with Crippen molar-refractivity contribution in [3.05, 3.63) is 33.3 Å². The molecule has 0 aliphatic heterocycles. The third-order valence-electron chi connectivity index (χ3n) is 2.80. The van der Waals surface area contributed by atoms with Gasteiger partial charge in [0.05, 0.1) is 12.2 Å². The van der Waals surface area contributed by atoms with E-state index in [2.05, 4.69) is 14.9 Å². The molecule has 0 radical (unpaired) electrons. The normalized spacial score (nSPS) is 11.4. The second-order valence-electron chi connectivity index (χ2n) is 3.97. The van der Waals surface area contributed by atoms with E-state index >= 15 is 0 Å². The second kappa shape index (κ2) is 5.13. The van der Waals surface area contributed by atoms with Crippen molar-refractivity contribution in [2.24, 2.45) is 0 Å². The number of hydrogen-bond acceptors (Lipinski definition) is 5. The van der Waals surface area contributed by atoms with Crippen LogP contribution in [0.5, 0.6) is 0 Å². The van der Waals surface area contributed by atoms with Gasteiger partial charge in [0.25, 0.3) is 0 Å². The predicted octanol–water partition coefficient (Wildman–Crippen LogP) is 1.44. The summed E-state index contributed by atoms with van der Waals surface area (Å²) >= 11 is 1.10. The summed E-state index contributed by atoms with van der Waals surface area (Å²) in [6.07, 6.45) is 0. The van der Waals surface area contributed by atoms with Gasteiger partial charge in [-0.2, -0.15) is 10.4 Å². The van der Waals surface area contributed by atoms with E-state index in [9.17, 15) is 8.42 Å². The van der Waals surface area contributed by atoms with Gasteiger partial charge in [-0.3, -0.25) is 5.10 Å². The highest BCUT2D eigenvalue weighted by atomic mass is 32.2. The van der Waals surface area contributed by atoms with Crippen molar-refractivity contribution in [3.63, 3.8) is 0 Å². The smallest absolute Gasteiger partial charge is 0.243 e. The lowest BCUT2D eigenvalue weighted by Gasteiger charge is -2.04. The van der Waals surface area contributed by atoms with Crippen LogP contribution in [-0.4, -0.2) is 18.6 Å². The van der Waals surface area contributed by atoms with Crippen LogP contribution in [0, 0.1) is 25.2 Å². The Labute approximate surface area is 115 Å². The van der Waals surface area contributed by atoms with Crippen LogP contribution in [0.2, 0.25) is 0 Å². The summed E-state index contributed by atoms with van der Waals surface area (Å²) in [5.74, 6) is 0. The number of nitrogens with one attached hydrogen (secondary N) is 2. The summed E-state index contributed by atoms with van der Waals surface area (Å²) in [6.45, 7) is 3.83. The molecule has 0 amide bonds. The molecule has 0 bridgehead atoms. The number of nitriles is 1. The van der Waals surface area contributed by atoms with Gasteiger partial charge in [-0.05, 0) is 30.9 Å². The van der Waals surface area contributed by atoms with Gasteiger partial charge in [0.1, 0.15) is 15.8 Å². The fourth-order valence-electron chi connectivity index (χ4n) is 1.54. The van der Waals surface area contributed by atoms with Crippen molar-refractivity contribution in [3.8, 4) is 6.07 Å². The quantitative estimate of drug-likeness (QED) is 0.891. The average molecular weight is 296 g/mol. The molecular weight excluding hydrogens is 284 g/mol. The van der Waals surface area contributed by atoms with Crippen molar-refractivity contribution >= 4 is 21.4 Å². The zero-order valence-electron chi connectivity index (χ0n) is 10.4. The zero-order chi connectivity index (χ0) is 14.0. The van der Waals surface area contributed by atoms with Crippen LogP contribution in [0.25, 0.3) is 0 Å². The van der Waals surface area contributed by atoms with E-state index < -0.39 is 10.0 Å². The Hall–Kier alpha value is -1.69. The Balaban J connectivity index is 2.20. The highest BCUT2D eigenvalue weighted by Crippen LogP contribution is 2.21. The maximum absolute atomic E-state index is 12.1. The number of thiophene rings is 1. The average Bonchev–Trinajstić information content (AvgIpc) is 2.97. The standard InChI is InChI=1S/C11H12N4O2S2/c1-7-8(2)14-15-9(7)6-13-19(16,17)11-3-4-18-10(11)5-12/h3-4,13H,6H2,1-2H3,(H,14,15). The topological polar surface area (TPSA) is 98.6 Å². The lowest BCUT2D eigenvalue weighted by atomic mass is 10.2. The number of aromatic nitrogens is 2. The van der Waals surface area contributed by atoms with Crippen LogP contribution in [-0.2, 0) is 16.6 Å². The molecule has 0 unspecified atom stereocenters. The molecular formula is C11H12N4O2S2. The molecule has 0 aromatic carbocycles. The first-order valence-electron chi connectivity index (χ1n) is 5.43. The molecule has 100 valence electrons. The van der Waals surface area contributed by atoms with Crippen LogP contribution < -0.4 is 4.72 Å². The molecule has 2 N–H and O–H groups in total. The molecule has 0 saturated heterocycles. The molecule has 0 fully saturated rings. The fraction of sp³-hybridized carbons (Fsp3) is 0.273. The predicted molar refractivity (Wildman–Crippen MR) is 71.1 cm³/mol. The Morgan fingerprint density at radius 2 is 2.26 bits per heavy atom. The van der Waals surface area contributed by atoms with Gasteiger partial charge < -0.3 is 0 Å². The van der Waals surface area contributed by atoms with Crippen LogP contribution in [0.1, 0.15) is 21.8 Å². The maximum atomic E-state index is 12.1. The first kappa shape index (κ1) is 13.7. The fourth-order valence-corrected chi connectivity index (χ4v) is 3.70. The van der Waals surface area contributed by atoms with E-state index in [1.54, 1.807) is 5.38 Å². The number of sulfonamides is 1. The Morgan fingerprint density at radius 1 is 1.53 bits per heavy atom. The summed E-state index contributed by atoms with van der Waals surface area (Å²) in [6, 6.07) is 3.30. The monoisotopic (exact) mass is 296 g/mol. The lowest BCUT2D eigenvalue weighted by molar-refractivity contribution is 0.580. The van der Waals surface area contributed by atoms with Gasteiger partial charge in [0.15, 0.2) is 0 Å². The number of hydrogen-bond donors (Lipinski definition) is 2. The largest absolute Gasteiger partial charge is 0.282 e. The molecule has 8 heteroatoms. The van der Waals surface area contributed by atoms with E-state index in [4.69, 9.17) is 5.26 Å². The zero-order valence-corrected chi connectivity index (χ0v) is 12.0. The minimum Gasteiger partial charge on any atom is -0.282 e. The lowest BCUT2D eigenvalue weighted by Crippen LogP contribution is -2.24. The van der Waals surface area contributed by atoms with E-state index in [-0.39, 0.29) is 16.3 Å². The Morgan fingerprint density at radius 3 is 2.84 bits per heavy atom. The SMILES string of the molecule is Cc1[nH]nc(CNS(=O)(=O)c2ccsc2C#N)c1C. The molecule has 0 atom stereocenters. The molecule has 0 aliphatic rings. The molecule has 6 nitrogen and oxygen atoms in total. The van der Waals surface area contributed by atoms with Crippen LogP contribution in [0.3, 0.4) is 0 Å². The Bertz CT molecular complexity index is 737. The van der Waals surface area contributed by atoms with Gasteiger partial charge in [0, 0.05) is 5.69 Å². The minimum absolute atomic E-state index is 0.0184. The first-order valence-corrected chi connectivity index (χ1v) is 7.79. The highest BCUT2D eigenvalue weighted by molar-refractivity contribution is 7.89. The number of H-pyrrole nitrogens is 1. The molecule has 2 rings (SSSR count). The summed E-state index contributed by atoms with van der Waals surface area (Å²) in [7, 11) is -3.68. The summed E-state index contributed by atoms with van der Waals surface area (Å²) < 4.78 is 26.6. The van der Waals surface area contributed by atoms with Crippen LogP contribution in [0.4, 0.5) is 0 Å². The molecule has 2 heterocycles. The first-order chi connectivity index (χ1) is 8.95. The summed E-state index contributed by atoms with van der Waals surface area (Å²) in [5.41, 5.74) is 2.48. The van der Waals surface area contributed by atoms with Crippen LogP contribution in [0.15, 0.2) is 16.3 Å². The molecule has 2 aromatic heterocycles. The number of rotatable bonds is 4. The molecule has 0 saturated carbocycles. The van der Waals surface area contributed by atoms with Gasteiger partial charge in [-0.15, -0.1) is 11.3 Å². The van der Waals surface area contributed by atoms with Gasteiger partial charge >= 0.3 is 0 Å². The Kier molecular flexibility index (Phi) is 3.71. The molecule has 2 aromatic rings. The van der Waals surface area contributed by atoms with Gasteiger partial charge in [-0.1, -0.05) is 0 Å². The number of nitrogens with zero attached hydrogens (tertiary/aromatic N) is 2. The molecule has 19 heavy (non-hydrogen) atoms. The molecule has 0 spiro atoms. The maximum Gasteiger partial charge on any atom is 0.243 e. The minimum atomic E-state index is -3.68. The van der Waals surface area contributed by atoms with Crippen LogP contribution >= 0.6 is 11.3 Å². The van der Waals surface area contributed by atoms with Crippen molar-refractivity contribution < 1.29 is 8.42 Å². The number of aryl methyl sites for hydroxylation is 1. The summed E-state index contributed by atoms with van der Waals surface area (Å²) in [5, 5.41) is 17.3. The van der Waals surface area contributed by atoms with Gasteiger partial charge in [-0.25, -0.2) is 13.1 Å². The number of aromatic amines is 1. The van der Waals surface area contributed by atoms with E-state index in [1.807, 2.05) is 19.9 Å². The van der Waals surface area contributed by atoms with Crippen molar-refractivity contribution in [2.75, 3.05) is 0 Å². The van der Waals surface area contributed by atoms with E-state index in [1.165, 1.54) is 6.07 Å². The second-order valence-corrected chi connectivity index (χ2v) is 6.62. The summed E-state index contributed by atoms with van der Waals surface area (Å²) in [4.78, 5) is 0.201. The third-order valence-corrected chi connectivity index (χ3v) is 5.20.